The van der Waals surface area contributed by atoms with E-state index >= 15 is 0 Å². The van der Waals surface area contributed by atoms with Crippen LogP contribution in [-0.2, 0) is 4.74 Å². The Kier molecular flexibility index (Phi) is 2.33. The summed E-state index contributed by atoms with van der Waals surface area (Å²) in [5.41, 5.74) is 7.88. The molecule has 1 unspecified atom stereocenters. The number of benzene rings is 1. The number of anilines is 1. The lowest BCUT2D eigenvalue weighted by Gasteiger charge is -2.23. The van der Waals surface area contributed by atoms with Gasteiger partial charge in [0.1, 0.15) is 6.61 Å². The molecule has 0 fully saturated rings. The average Bonchev–Trinajstić information content (AvgIpc) is 2.16. The maximum absolute atomic E-state index is 11.6. The van der Waals surface area contributed by atoms with Gasteiger partial charge in [-0.2, -0.15) is 0 Å². The Labute approximate surface area is 90.4 Å². The van der Waals surface area contributed by atoms with E-state index in [1.807, 2.05) is 13.0 Å². The summed E-state index contributed by atoms with van der Waals surface area (Å²) >= 11 is 3.33. The molecule has 0 amide bonds. The van der Waals surface area contributed by atoms with Crippen molar-refractivity contribution in [2.24, 2.45) is 0 Å². The molecule has 1 aliphatic rings. The number of nitrogens with two attached hydrogens (primary N) is 1. The quantitative estimate of drug-likeness (QED) is 0.724. The van der Waals surface area contributed by atoms with Crippen LogP contribution >= 0.6 is 15.9 Å². The summed E-state index contributed by atoms with van der Waals surface area (Å²) in [5.74, 6) is -0.0164. The number of halogens is 1. The maximum Gasteiger partial charge on any atom is 0.190 e. The Bertz CT molecular complexity index is 403. The smallest absolute Gasteiger partial charge is 0.190 e. The zero-order chi connectivity index (χ0) is 10.3. The van der Waals surface area contributed by atoms with Crippen LogP contribution in [0.3, 0.4) is 0 Å². The van der Waals surface area contributed by atoms with E-state index in [-0.39, 0.29) is 18.5 Å². The summed E-state index contributed by atoms with van der Waals surface area (Å²) in [7, 11) is 0. The SMILES string of the molecule is CC1OCC(=O)c2c1ccc(N)c2Br. The van der Waals surface area contributed by atoms with E-state index in [0.717, 1.165) is 5.56 Å². The van der Waals surface area contributed by atoms with E-state index in [1.54, 1.807) is 6.07 Å². The van der Waals surface area contributed by atoms with Crippen LogP contribution < -0.4 is 5.73 Å². The van der Waals surface area contributed by atoms with Crippen LogP contribution in [0.2, 0.25) is 0 Å². The van der Waals surface area contributed by atoms with Gasteiger partial charge in [0.25, 0.3) is 0 Å². The molecule has 1 aromatic carbocycles. The van der Waals surface area contributed by atoms with E-state index in [0.29, 0.717) is 15.7 Å². The first-order valence-corrected chi connectivity index (χ1v) is 5.13. The standard InChI is InChI=1S/C10H10BrNO2/c1-5-6-2-3-7(12)10(11)9(6)8(13)4-14-5/h2-3,5H,4,12H2,1H3. The number of ether oxygens (including phenoxy) is 1. The third kappa shape index (κ3) is 1.35. The van der Waals surface area contributed by atoms with Crippen LogP contribution in [-0.4, -0.2) is 12.4 Å². The van der Waals surface area contributed by atoms with E-state index in [9.17, 15) is 4.79 Å². The highest BCUT2D eigenvalue weighted by Gasteiger charge is 2.26. The monoisotopic (exact) mass is 255 g/mol. The zero-order valence-corrected chi connectivity index (χ0v) is 9.30. The summed E-state index contributed by atoms with van der Waals surface area (Å²) < 4.78 is 5.99. The molecule has 1 aliphatic heterocycles. The Morgan fingerprint density at radius 3 is 3.00 bits per heavy atom. The first-order valence-electron chi connectivity index (χ1n) is 4.34. The number of rotatable bonds is 0. The summed E-state index contributed by atoms with van der Waals surface area (Å²) in [5, 5.41) is 0. The van der Waals surface area contributed by atoms with Gasteiger partial charge in [-0.15, -0.1) is 0 Å². The Morgan fingerprint density at radius 1 is 1.57 bits per heavy atom. The minimum absolute atomic E-state index is 0.0164. The highest BCUT2D eigenvalue weighted by molar-refractivity contribution is 9.10. The van der Waals surface area contributed by atoms with Gasteiger partial charge in [0.2, 0.25) is 0 Å². The predicted molar refractivity (Wildman–Crippen MR) is 57.3 cm³/mol. The van der Waals surface area contributed by atoms with E-state index in [4.69, 9.17) is 10.5 Å². The fourth-order valence-corrected chi connectivity index (χ4v) is 2.17. The van der Waals surface area contributed by atoms with Gasteiger partial charge in [-0.25, -0.2) is 0 Å². The minimum atomic E-state index is -0.0420. The molecule has 2 N–H and O–H groups in total. The van der Waals surface area contributed by atoms with Gasteiger partial charge in [-0.3, -0.25) is 4.79 Å². The van der Waals surface area contributed by atoms with Gasteiger partial charge >= 0.3 is 0 Å². The number of nitrogen functional groups attached to an aromatic ring is 1. The Balaban J connectivity index is 2.67. The summed E-state index contributed by atoms with van der Waals surface area (Å²) in [6.45, 7) is 2.06. The largest absolute Gasteiger partial charge is 0.398 e. The van der Waals surface area contributed by atoms with Gasteiger partial charge in [-0.05, 0) is 34.5 Å². The number of carbonyl (C=O) groups excluding carboxylic acids is 1. The molecule has 2 rings (SSSR count). The number of hydrogen-bond donors (Lipinski definition) is 1. The van der Waals surface area contributed by atoms with Crippen LogP contribution in [0.25, 0.3) is 0 Å². The molecule has 1 atom stereocenters. The Hall–Kier alpha value is -0.870. The number of Topliss-reactive ketones (excluding diaryl/α,β-unsaturated/α-hetero) is 1. The molecule has 0 saturated carbocycles. The molecule has 1 heterocycles. The predicted octanol–water partition coefficient (Wildman–Crippen LogP) is 2.31. The van der Waals surface area contributed by atoms with Crippen molar-refractivity contribution < 1.29 is 9.53 Å². The molecule has 3 nitrogen and oxygen atoms in total. The molecule has 4 heteroatoms. The average molecular weight is 256 g/mol. The molecule has 1 aromatic rings. The van der Waals surface area contributed by atoms with Gasteiger partial charge in [0, 0.05) is 11.3 Å². The van der Waals surface area contributed by atoms with Crippen molar-refractivity contribution in [3.8, 4) is 0 Å². The highest BCUT2D eigenvalue weighted by atomic mass is 79.9. The van der Waals surface area contributed by atoms with E-state index in [1.165, 1.54) is 0 Å². The molecular formula is C10H10BrNO2. The van der Waals surface area contributed by atoms with Gasteiger partial charge < -0.3 is 10.5 Å². The van der Waals surface area contributed by atoms with Crippen molar-refractivity contribution in [1.29, 1.82) is 0 Å². The number of ketones is 1. The molecule has 0 aliphatic carbocycles. The van der Waals surface area contributed by atoms with Crippen molar-refractivity contribution in [3.05, 3.63) is 27.7 Å². The van der Waals surface area contributed by atoms with Crippen molar-refractivity contribution >= 4 is 27.4 Å². The maximum atomic E-state index is 11.6. The molecule has 14 heavy (non-hydrogen) atoms. The highest BCUT2D eigenvalue weighted by Crippen LogP contribution is 2.34. The fraction of sp³-hybridized carbons (Fsp3) is 0.300. The summed E-state index contributed by atoms with van der Waals surface area (Å²) in [6.07, 6.45) is -0.0420. The van der Waals surface area contributed by atoms with Crippen LogP contribution in [0.4, 0.5) is 5.69 Å². The molecule has 0 saturated heterocycles. The second-order valence-corrected chi connectivity index (χ2v) is 4.10. The Morgan fingerprint density at radius 2 is 2.29 bits per heavy atom. The van der Waals surface area contributed by atoms with E-state index < -0.39 is 0 Å². The normalized spacial score (nSPS) is 20.7. The molecule has 74 valence electrons. The lowest BCUT2D eigenvalue weighted by Crippen LogP contribution is -2.22. The third-order valence-electron chi connectivity index (χ3n) is 2.39. The van der Waals surface area contributed by atoms with E-state index in [2.05, 4.69) is 15.9 Å². The van der Waals surface area contributed by atoms with Crippen LogP contribution in [0, 0.1) is 0 Å². The molecule has 0 bridgehead atoms. The van der Waals surface area contributed by atoms with Gasteiger partial charge in [-0.1, -0.05) is 6.07 Å². The molecule has 0 spiro atoms. The van der Waals surface area contributed by atoms with Crippen molar-refractivity contribution in [2.45, 2.75) is 13.0 Å². The van der Waals surface area contributed by atoms with Gasteiger partial charge in [0.05, 0.1) is 10.6 Å². The zero-order valence-electron chi connectivity index (χ0n) is 7.71. The molecule has 0 radical (unpaired) electrons. The van der Waals surface area contributed by atoms with Crippen molar-refractivity contribution in [3.63, 3.8) is 0 Å². The van der Waals surface area contributed by atoms with Crippen LogP contribution in [0.5, 0.6) is 0 Å². The van der Waals surface area contributed by atoms with Crippen molar-refractivity contribution in [2.75, 3.05) is 12.3 Å². The van der Waals surface area contributed by atoms with Gasteiger partial charge in [0.15, 0.2) is 5.78 Å². The minimum Gasteiger partial charge on any atom is -0.398 e. The lowest BCUT2D eigenvalue weighted by atomic mass is 9.97. The summed E-state index contributed by atoms with van der Waals surface area (Å²) in [6, 6.07) is 3.62. The summed E-state index contributed by atoms with van der Waals surface area (Å²) in [4.78, 5) is 11.6. The second-order valence-electron chi connectivity index (χ2n) is 3.31. The number of hydrogen-bond acceptors (Lipinski definition) is 3. The van der Waals surface area contributed by atoms with Crippen LogP contribution in [0.15, 0.2) is 16.6 Å². The fourth-order valence-electron chi connectivity index (χ4n) is 1.59. The van der Waals surface area contributed by atoms with Crippen molar-refractivity contribution in [1.82, 2.24) is 0 Å². The third-order valence-corrected chi connectivity index (χ3v) is 3.24. The first-order chi connectivity index (χ1) is 6.61. The topological polar surface area (TPSA) is 52.3 Å². The first kappa shape index (κ1) is 9.68. The van der Waals surface area contributed by atoms with Crippen LogP contribution in [0.1, 0.15) is 28.9 Å². The number of carbonyl (C=O) groups is 1. The number of fused-ring (bicyclic) bond motifs is 1. The molecular weight excluding hydrogens is 246 g/mol. The molecule has 0 aromatic heterocycles. The lowest BCUT2D eigenvalue weighted by molar-refractivity contribution is 0.0435. The second kappa shape index (κ2) is 3.37.